The Kier molecular flexibility index (Phi) is 7.63. The Morgan fingerprint density at radius 2 is 1.84 bits per heavy atom. The molecule has 0 fully saturated rings. The van der Waals surface area contributed by atoms with E-state index in [-0.39, 0.29) is 6.42 Å². The summed E-state index contributed by atoms with van der Waals surface area (Å²) in [6.07, 6.45) is 1.40. The van der Waals surface area contributed by atoms with Crippen LogP contribution in [0.1, 0.15) is 21.5 Å². The summed E-state index contributed by atoms with van der Waals surface area (Å²) in [6.45, 7) is -1.39. The number of carbonyl (C=O) groups excluding carboxylic acids is 1. The van der Waals surface area contributed by atoms with Crippen LogP contribution < -0.4 is 10.1 Å². The number of alkyl halides is 2. The number of aryl methyl sites for hydroxylation is 1. The van der Waals surface area contributed by atoms with Crippen molar-refractivity contribution in [2.45, 2.75) is 26.0 Å². The molecular weight excluding hydrogens is 509 g/mol. The van der Waals surface area contributed by atoms with Gasteiger partial charge in [-0.25, -0.2) is 9.18 Å². The Balaban J connectivity index is 1.68. The zero-order valence-corrected chi connectivity index (χ0v) is 20.1. The number of aliphatic carboxylic acids is 1. The third kappa shape index (κ3) is 5.67. The molecular formula is C27H20ClF3N2O4. The maximum absolute atomic E-state index is 14.3. The average molecular weight is 529 g/mol. The SMILES string of the molecule is Cc1ccc(-c2ccc(C[C@H](NC(=O)c3c(F)cccc3OC(F)F)C(=O)O)c3cccnc23)c(Cl)c1. The van der Waals surface area contributed by atoms with Gasteiger partial charge in [0.15, 0.2) is 0 Å². The van der Waals surface area contributed by atoms with Crippen LogP contribution in [0.3, 0.4) is 0 Å². The Labute approximate surface area is 214 Å². The lowest BCUT2D eigenvalue weighted by atomic mass is 9.94. The van der Waals surface area contributed by atoms with Gasteiger partial charge in [0.2, 0.25) is 0 Å². The molecule has 0 aliphatic heterocycles. The predicted octanol–water partition coefficient (Wildman–Crippen LogP) is 6.03. The zero-order valence-electron chi connectivity index (χ0n) is 19.3. The summed E-state index contributed by atoms with van der Waals surface area (Å²) in [5.74, 6) is -4.44. The smallest absolute Gasteiger partial charge is 0.387 e. The molecule has 10 heteroatoms. The lowest BCUT2D eigenvalue weighted by molar-refractivity contribution is -0.139. The first-order valence-electron chi connectivity index (χ1n) is 11.1. The van der Waals surface area contributed by atoms with Gasteiger partial charge in [0, 0.05) is 34.2 Å². The normalized spacial score (nSPS) is 11.9. The van der Waals surface area contributed by atoms with Crippen molar-refractivity contribution in [1.82, 2.24) is 10.3 Å². The number of ether oxygens (including phenoxy) is 1. The molecule has 3 aromatic carbocycles. The summed E-state index contributed by atoms with van der Waals surface area (Å²) < 4.78 is 44.1. The van der Waals surface area contributed by atoms with Crippen LogP contribution in [0.2, 0.25) is 5.02 Å². The lowest BCUT2D eigenvalue weighted by Gasteiger charge is -2.18. The first-order valence-corrected chi connectivity index (χ1v) is 11.4. The molecule has 1 heterocycles. The molecule has 0 radical (unpaired) electrons. The molecule has 190 valence electrons. The van der Waals surface area contributed by atoms with Gasteiger partial charge in [0.05, 0.1) is 5.52 Å². The highest BCUT2D eigenvalue weighted by Crippen LogP contribution is 2.35. The Morgan fingerprint density at radius 1 is 1.08 bits per heavy atom. The van der Waals surface area contributed by atoms with E-state index in [0.29, 0.717) is 21.5 Å². The standard InChI is InChI=1S/C27H20ClF3N2O4/c1-14-7-9-17(19(28)12-14)18-10-8-15(16-4-3-11-32-24(16)18)13-21(26(35)36)33-25(34)23-20(29)5-2-6-22(23)37-27(30)31/h2-12,21,27H,13H2,1H3,(H,33,34)(H,35,36)/t21-/m0/s1. The number of halogens is 4. The summed E-state index contributed by atoms with van der Waals surface area (Å²) in [4.78, 5) is 29.3. The number of pyridine rings is 1. The topological polar surface area (TPSA) is 88.5 Å². The van der Waals surface area contributed by atoms with Gasteiger partial charge in [-0.05, 0) is 42.3 Å². The van der Waals surface area contributed by atoms with Gasteiger partial charge in [0.25, 0.3) is 5.91 Å². The molecule has 1 amide bonds. The van der Waals surface area contributed by atoms with Gasteiger partial charge in [-0.1, -0.05) is 48.0 Å². The Morgan fingerprint density at radius 3 is 2.54 bits per heavy atom. The molecule has 0 aliphatic rings. The number of hydrogen-bond donors (Lipinski definition) is 2. The molecule has 0 bridgehead atoms. The van der Waals surface area contributed by atoms with Crippen molar-refractivity contribution >= 4 is 34.4 Å². The number of nitrogens with one attached hydrogen (secondary N) is 1. The van der Waals surface area contributed by atoms with E-state index in [0.717, 1.165) is 34.9 Å². The number of fused-ring (bicyclic) bond motifs is 1. The molecule has 0 saturated carbocycles. The van der Waals surface area contributed by atoms with E-state index in [2.05, 4.69) is 15.0 Å². The number of nitrogens with zero attached hydrogens (tertiary/aromatic N) is 1. The van der Waals surface area contributed by atoms with Crippen molar-refractivity contribution in [3.63, 3.8) is 0 Å². The number of carboxylic acid groups (broad SMARTS) is 1. The number of amides is 1. The molecule has 4 aromatic rings. The van der Waals surface area contributed by atoms with Gasteiger partial charge in [0.1, 0.15) is 23.2 Å². The lowest BCUT2D eigenvalue weighted by Crippen LogP contribution is -2.42. The second-order valence-corrected chi connectivity index (χ2v) is 8.62. The minimum atomic E-state index is -3.30. The minimum absolute atomic E-state index is 0.190. The number of rotatable bonds is 8. The van der Waals surface area contributed by atoms with Crippen LogP contribution >= 0.6 is 11.6 Å². The van der Waals surface area contributed by atoms with E-state index in [1.54, 1.807) is 30.5 Å². The third-order valence-electron chi connectivity index (χ3n) is 5.72. The first-order chi connectivity index (χ1) is 17.7. The van der Waals surface area contributed by atoms with E-state index in [4.69, 9.17) is 11.6 Å². The summed E-state index contributed by atoms with van der Waals surface area (Å²) in [7, 11) is 0. The third-order valence-corrected chi connectivity index (χ3v) is 6.03. The molecule has 0 spiro atoms. The number of carboxylic acids is 1. The summed E-state index contributed by atoms with van der Waals surface area (Å²) in [5, 5.41) is 13.2. The molecule has 1 atom stereocenters. The van der Waals surface area contributed by atoms with Crippen molar-refractivity contribution in [2.24, 2.45) is 0 Å². The number of aromatic nitrogens is 1. The van der Waals surface area contributed by atoms with Crippen LogP contribution in [-0.2, 0) is 11.2 Å². The molecule has 37 heavy (non-hydrogen) atoms. The monoisotopic (exact) mass is 528 g/mol. The fourth-order valence-electron chi connectivity index (χ4n) is 4.03. The highest BCUT2D eigenvalue weighted by Gasteiger charge is 2.27. The van der Waals surface area contributed by atoms with Gasteiger partial charge in [-0.2, -0.15) is 8.78 Å². The van der Waals surface area contributed by atoms with Gasteiger partial charge >= 0.3 is 12.6 Å². The highest BCUT2D eigenvalue weighted by atomic mass is 35.5. The van der Waals surface area contributed by atoms with E-state index in [1.807, 2.05) is 25.1 Å². The summed E-state index contributed by atoms with van der Waals surface area (Å²) >= 11 is 6.46. The number of hydrogen-bond acceptors (Lipinski definition) is 4. The first kappa shape index (κ1) is 26.0. The van der Waals surface area contributed by atoms with Crippen LogP contribution in [-0.4, -0.2) is 34.6 Å². The quantitative estimate of drug-likeness (QED) is 0.291. The largest absolute Gasteiger partial charge is 0.480 e. The predicted molar refractivity (Wildman–Crippen MR) is 133 cm³/mol. The van der Waals surface area contributed by atoms with Gasteiger partial charge < -0.3 is 15.2 Å². The molecule has 0 saturated heterocycles. The van der Waals surface area contributed by atoms with E-state index in [9.17, 15) is 27.9 Å². The molecule has 1 aromatic heterocycles. The van der Waals surface area contributed by atoms with Crippen molar-refractivity contribution in [2.75, 3.05) is 0 Å². The maximum atomic E-state index is 14.3. The molecule has 0 unspecified atom stereocenters. The van der Waals surface area contributed by atoms with E-state index in [1.165, 1.54) is 0 Å². The van der Waals surface area contributed by atoms with Crippen LogP contribution in [0.25, 0.3) is 22.0 Å². The number of benzene rings is 3. The fourth-order valence-corrected chi connectivity index (χ4v) is 4.37. The summed E-state index contributed by atoms with van der Waals surface area (Å²) in [6, 6.07) is 14.0. The second kappa shape index (κ2) is 10.9. The zero-order chi connectivity index (χ0) is 26.7. The minimum Gasteiger partial charge on any atom is -0.480 e. The fraction of sp³-hybridized carbons (Fsp3) is 0.148. The molecule has 6 nitrogen and oxygen atoms in total. The molecule has 0 aliphatic carbocycles. The molecule has 2 N–H and O–H groups in total. The van der Waals surface area contributed by atoms with Crippen LogP contribution in [0.15, 0.2) is 66.9 Å². The van der Waals surface area contributed by atoms with E-state index < -0.39 is 41.7 Å². The van der Waals surface area contributed by atoms with Crippen molar-refractivity contribution < 1.29 is 32.6 Å². The Bertz CT molecular complexity index is 1500. The van der Waals surface area contributed by atoms with Gasteiger partial charge in [-0.3, -0.25) is 9.78 Å². The van der Waals surface area contributed by atoms with Crippen LogP contribution in [0, 0.1) is 12.7 Å². The van der Waals surface area contributed by atoms with E-state index >= 15 is 0 Å². The van der Waals surface area contributed by atoms with Crippen molar-refractivity contribution in [3.8, 4) is 16.9 Å². The highest BCUT2D eigenvalue weighted by molar-refractivity contribution is 6.33. The average Bonchev–Trinajstić information content (AvgIpc) is 2.83. The van der Waals surface area contributed by atoms with Gasteiger partial charge in [-0.15, -0.1) is 0 Å². The maximum Gasteiger partial charge on any atom is 0.387 e. The van der Waals surface area contributed by atoms with Crippen LogP contribution in [0.5, 0.6) is 5.75 Å². The van der Waals surface area contributed by atoms with Crippen molar-refractivity contribution in [1.29, 1.82) is 0 Å². The summed E-state index contributed by atoms with van der Waals surface area (Å²) in [5.41, 5.74) is 2.77. The van der Waals surface area contributed by atoms with Crippen molar-refractivity contribution in [3.05, 3.63) is 94.4 Å². The second-order valence-electron chi connectivity index (χ2n) is 8.22. The Hall–Kier alpha value is -4.11. The van der Waals surface area contributed by atoms with Crippen LogP contribution in [0.4, 0.5) is 13.2 Å². The molecule has 4 rings (SSSR count). The number of carbonyl (C=O) groups is 2.